The van der Waals surface area contributed by atoms with Crippen molar-refractivity contribution in [2.45, 2.75) is 31.2 Å². The van der Waals surface area contributed by atoms with Crippen LogP contribution < -0.4 is 0 Å². The third-order valence-electron chi connectivity index (χ3n) is 3.12. The number of aryl methyl sites for hydroxylation is 1. The Balaban J connectivity index is 2.63. The zero-order valence-electron chi connectivity index (χ0n) is 8.94. The lowest BCUT2D eigenvalue weighted by Crippen LogP contribution is -2.21. The Bertz CT molecular complexity index is 483. The van der Waals surface area contributed by atoms with Gasteiger partial charge in [0.05, 0.1) is 6.07 Å². The number of hydrogen-bond donors (Lipinski definition) is 0. The molecule has 1 atom stereocenters. The van der Waals surface area contributed by atoms with Gasteiger partial charge >= 0.3 is 0 Å². The summed E-state index contributed by atoms with van der Waals surface area (Å²) in [6.45, 7) is 0. The number of nitrogens with zero attached hydrogens (tertiary/aromatic N) is 2. The molecule has 0 saturated heterocycles. The number of rotatable bonds is 1. The van der Waals surface area contributed by atoms with E-state index >= 15 is 0 Å². The topological polar surface area (TPSA) is 53.2 Å². The lowest BCUT2D eigenvalue weighted by molar-refractivity contribution is 0.497. The van der Waals surface area contributed by atoms with Crippen molar-refractivity contribution in [3.8, 4) is 6.07 Å². The molecule has 0 heterocycles. The first-order chi connectivity index (χ1) is 7.82. The van der Waals surface area contributed by atoms with Gasteiger partial charge in [-0.05, 0) is 36.8 Å². The van der Waals surface area contributed by atoms with Gasteiger partial charge in [-0.1, -0.05) is 24.3 Å². The third-order valence-corrected chi connectivity index (χ3v) is 3.12. The molecule has 0 saturated carbocycles. The number of nitriles is 1. The third kappa shape index (κ3) is 1.64. The van der Waals surface area contributed by atoms with Crippen LogP contribution in [0.4, 0.5) is 0 Å². The first-order valence-electron chi connectivity index (χ1n) is 5.41. The summed E-state index contributed by atoms with van der Waals surface area (Å²) in [5.74, 6) is 0. The summed E-state index contributed by atoms with van der Waals surface area (Å²) < 4.78 is 0. The van der Waals surface area contributed by atoms with E-state index in [1.807, 2.05) is 24.3 Å². The van der Waals surface area contributed by atoms with E-state index in [0.717, 1.165) is 30.4 Å². The number of aliphatic imine (C=N–C) groups is 1. The van der Waals surface area contributed by atoms with E-state index in [0.29, 0.717) is 6.42 Å². The zero-order valence-corrected chi connectivity index (χ0v) is 8.94. The van der Waals surface area contributed by atoms with Crippen LogP contribution in [0.3, 0.4) is 0 Å². The van der Waals surface area contributed by atoms with E-state index in [2.05, 4.69) is 11.1 Å². The van der Waals surface area contributed by atoms with Gasteiger partial charge < -0.3 is 0 Å². The van der Waals surface area contributed by atoms with Crippen LogP contribution in [0.1, 0.15) is 30.4 Å². The molecular weight excluding hydrogens is 200 g/mol. The molecule has 0 N–H and O–H groups in total. The van der Waals surface area contributed by atoms with Crippen LogP contribution in [0.2, 0.25) is 0 Å². The van der Waals surface area contributed by atoms with Crippen LogP contribution in [0.15, 0.2) is 29.3 Å². The molecule has 1 unspecified atom stereocenters. The highest BCUT2D eigenvalue weighted by atomic mass is 16.1. The van der Waals surface area contributed by atoms with Crippen LogP contribution in [0.25, 0.3) is 0 Å². The molecule has 0 aromatic heterocycles. The Kier molecular flexibility index (Phi) is 2.85. The van der Waals surface area contributed by atoms with E-state index in [9.17, 15) is 10.1 Å². The van der Waals surface area contributed by atoms with Gasteiger partial charge in [-0.3, -0.25) is 0 Å². The maximum atomic E-state index is 10.5. The molecular formula is C13H12N2O. The number of isocyanates is 1. The number of hydrogen-bond acceptors (Lipinski definition) is 3. The summed E-state index contributed by atoms with van der Waals surface area (Å²) in [6.07, 6.45) is 5.06. The molecule has 0 aliphatic heterocycles. The van der Waals surface area contributed by atoms with Crippen molar-refractivity contribution in [1.29, 1.82) is 5.26 Å². The minimum absolute atomic E-state index is 0.607. The van der Waals surface area contributed by atoms with Crippen LogP contribution in [-0.2, 0) is 16.8 Å². The standard InChI is InChI=1S/C13H12N2O/c14-9-13(15-10-16)8-4-3-6-11-5-1-2-7-12(11)13/h1-2,5,7H,3-4,6,8H2. The van der Waals surface area contributed by atoms with E-state index in [1.54, 1.807) is 6.08 Å². The fourth-order valence-electron chi connectivity index (χ4n) is 2.31. The van der Waals surface area contributed by atoms with Crippen molar-refractivity contribution < 1.29 is 4.79 Å². The summed E-state index contributed by atoms with van der Waals surface area (Å²) in [5, 5.41) is 9.32. The average molecular weight is 212 g/mol. The molecule has 3 nitrogen and oxygen atoms in total. The summed E-state index contributed by atoms with van der Waals surface area (Å²) in [5.41, 5.74) is 0.994. The monoisotopic (exact) mass is 212 g/mol. The van der Waals surface area contributed by atoms with Gasteiger partial charge in [0.1, 0.15) is 0 Å². The highest BCUT2D eigenvalue weighted by Gasteiger charge is 2.35. The van der Waals surface area contributed by atoms with E-state index in [1.165, 1.54) is 0 Å². The summed E-state index contributed by atoms with van der Waals surface area (Å²) in [4.78, 5) is 14.3. The second-order valence-corrected chi connectivity index (χ2v) is 4.04. The Morgan fingerprint density at radius 3 is 2.88 bits per heavy atom. The quantitative estimate of drug-likeness (QED) is 0.408. The van der Waals surface area contributed by atoms with Gasteiger partial charge in [0.15, 0.2) is 5.54 Å². The first-order valence-corrected chi connectivity index (χ1v) is 5.41. The molecule has 0 fully saturated rings. The minimum Gasteiger partial charge on any atom is -0.211 e. The fraction of sp³-hybridized carbons (Fsp3) is 0.385. The maximum absolute atomic E-state index is 10.5. The molecule has 0 bridgehead atoms. The molecule has 3 heteroatoms. The molecule has 0 amide bonds. The molecule has 16 heavy (non-hydrogen) atoms. The van der Waals surface area contributed by atoms with Crippen molar-refractivity contribution in [3.05, 3.63) is 35.4 Å². The van der Waals surface area contributed by atoms with Crippen molar-refractivity contribution in [2.24, 2.45) is 4.99 Å². The zero-order chi connectivity index (χ0) is 11.4. The summed E-state index contributed by atoms with van der Waals surface area (Å²) in [6, 6.07) is 9.93. The molecule has 1 aliphatic rings. The van der Waals surface area contributed by atoms with Crippen LogP contribution in [0, 0.1) is 11.3 Å². The lowest BCUT2D eigenvalue weighted by atomic mass is 9.86. The van der Waals surface area contributed by atoms with Crippen LogP contribution >= 0.6 is 0 Å². The summed E-state index contributed by atoms with van der Waals surface area (Å²) in [7, 11) is 0. The first kappa shape index (κ1) is 10.6. The molecule has 0 radical (unpaired) electrons. The molecule has 1 aliphatic carbocycles. The minimum atomic E-state index is -1.01. The molecule has 0 spiro atoms. The van der Waals surface area contributed by atoms with Gasteiger partial charge in [-0.2, -0.15) is 10.3 Å². The highest BCUT2D eigenvalue weighted by molar-refractivity contribution is 5.45. The second-order valence-electron chi connectivity index (χ2n) is 4.04. The number of benzene rings is 1. The largest absolute Gasteiger partial charge is 0.236 e. The van der Waals surface area contributed by atoms with E-state index < -0.39 is 5.54 Å². The van der Waals surface area contributed by atoms with Crippen molar-refractivity contribution >= 4 is 6.08 Å². The SMILES string of the molecule is N#CC1(N=C=O)CCCCc2ccccc21. The van der Waals surface area contributed by atoms with E-state index in [-0.39, 0.29) is 0 Å². The summed E-state index contributed by atoms with van der Waals surface area (Å²) >= 11 is 0. The molecule has 80 valence electrons. The predicted molar refractivity (Wildman–Crippen MR) is 59.4 cm³/mol. The Hall–Kier alpha value is -1.91. The Labute approximate surface area is 94.4 Å². The van der Waals surface area contributed by atoms with Crippen LogP contribution in [0.5, 0.6) is 0 Å². The lowest BCUT2D eigenvalue weighted by Gasteiger charge is -2.20. The van der Waals surface area contributed by atoms with E-state index in [4.69, 9.17) is 0 Å². The number of fused-ring (bicyclic) bond motifs is 1. The Morgan fingerprint density at radius 1 is 1.31 bits per heavy atom. The highest BCUT2D eigenvalue weighted by Crippen LogP contribution is 2.36. The fourth-order valence-corrected chi connectivity index (χ4v) is 2.31. The smallest absolute Gasteiger partial charge is 0.211 e. The Morgan fingerprint density at radius 2 is 2.12 bits per heavy atom. The van der Waals surface area contributed by atoms with Crippen molar-refractivity contribution in [3.63, 3.8) is 0 Å². The van der Waals surface area contributed by atoms with Crippen LogP contribution in [-0.4, -0.2) is 6.08 Å². The van der Waals surface area contributed by atoms with Crippen molar-refractivity contribution in [1.82, 2.24) is 0 Å². The van der Waals surface area contributed by atoms with Crippen molar-refractivity contribution in [2.75, 3.05) is 0 Å². The normalized spacial score (nSPS) is 23.4. The van der Waals surface area contributed by atoms with Gasteiger partial charge in [0.25, 0.3) is 0 Å². The molecule has 1 aromatic carbocycles. The van der Waals surface area contributed by atoms with Gasteiger partial charge in [-0.25, -0.2) is 4.79 Å². The van der Waals surface area contributed by atoms with Gasteiger partial charge in [0, 0.05) is 0 Å². The maximum Gasteiger partial charge on any atom is 0.236 e. The predicted octanol–water partition coefficient (Wildman–Crippen LogP) is 2.47. The molecule has 1 aromatic rings. The van der Waals surface area contributed by atoms with Gasteiger partial charge in [-0.15, -0.1) is 0 Å². The average Bonchev–Trinajstić information content (AvgIpc) is 2.51. The second kappa shape index (κ2) is 4.30. The number of carbonyl (C=O) groups excluding carboxylic acids is 1. The van der Waals surface area contributed by atoms with Gasteiger partial charge in [0.2, 0.25) is 6.08 Å². The molecule has 2 rings (SSSR count).